The summed E-state index contributed by atoms with van der Waals surface area (Å²) < 4.78 is 15.4. The van der Waals surface area contributed by atoms with Crippen molar-refractivity contribution >= 4 is 11.5 Å². The van der Waals surface area contributed by atoms with Gasteiger partial charge in [0, 0.05) is 29.4 Å². The molecule has 7 heteroatoms. The molecule has 4 aromatic rings. The van der Waals surface area contributed by atoms with Crippen LogP contribution in [-0.4, -0.2) is 30.7 Å². The first-order valence-corrected chi connectivity index (χ1v) is 10.1. The minimum absolute atomic E-state index is 0.172. The lowest BCUT2D eigenvalue weighted by Gasteiger charge is -2.16. The van der Waals surface area contributed by atoms with Crippen molar-refractivity contribution in [2.24, 2.45) is 0 Å². The lowest BCUT2D eigenvalue weighted by molar-refractivity contribution is 0.474. The van der Waals surface area contributed by atoms with Gasteiger partial charge in [-0.05, 0) is 49.1 Å². The second kappa shape index (κ2) is 8.10. The summed E-state index contributed by atoms with van der Waals surface area (Å²) in [5.41, 5.74) is 5.29. The van der Waals surface area contributed by atoms with Gasteiger partial charge in [-0.25, -0.2) is 9.37 Å². The van der Waals surface area contributed by atoms with Crippen LogP contribution in [0.25, 0.3) is 16.9 Å². The highest BCUT2D eigenvalue weighted by atomic mass is 19.1. The molecule has 0 fully saturated rings. The van der Waals surface area contributed by atoms with Crippen LogP contribution in [0, 0.1) is 12.7 Å². The monoisotopic (exact) mass is 405 g/mol. The van der Waals surface area contributed by atoms with Gasteiger partial charge in [-0.1, -0.05) is 19.9 Å². The van der Waals surface area contributed by atoms with Crippen molar-refractivity contribution in [2.75, 3.05) is 5.32 Å². The highest BCUT2D eigenvalue weighted by molar-refractivity contribution is 5.67. The predicted octanol–water partition coefficient (Wildman–Crippen LogP) is 4.55. The summed E-state index contributed by atoms with van der Waals surface area (Å²) in [6, 6.07) is 8.98. The van der Waals surface area contributed by atoms with Gasteiger partial charge in [-0.2, -0.15) is 9.61 Å². The summed E-state index contributed by atoms with van der Waals surface area (Å²) in [6.07, 6.45) is 6.21. The number of hydrogen-bond acceptors (Lipinski definition) is 5. The molecule has 2 N–H and O–H groups in total. The largest absolute Gasteiger partial charge is 0.508 e. The standard InChI is InChI=1S/C21H18FN5O.C2H6/c1-12-9-24-27-20(25-17-5-13-2-3-18(28)7-14(13)6-17)8-19(26-21(12)27)15-4-16(22)11-23-10-15;1-2/h2-4,7-11,17,25,28H,5-6H2,1H3;1-2H3. The predicted molar refractivity (Wildman–Crippen MR) is 115 cm³/mol. The molecule has 0 aliphatic heterocycles. The fourth-order valence-electron chi connectivity index (χ4n) is 3.79. The second-order valence-corrected chi connectivity index (χ2v) is 7.18. The maximum atomic E-state index is 13.7. The van der Waals surface area contributed by atoms with Crippen LogP contribution in [0.1, 0.15) is 30.5 Å². The van der Waals surface area contributed by atoms with Crippen LogP contribution in [0.15, 0.2) is 48.9 Å². The van der Waals surface area contributed by atoms with Crippen molar-refractivity contribution in [2.45, 2.75) is 39.7 Å². The highest BCUT2D eigenvalue weighted by Crippen LogP contribution is 2.29. The van der Waals surface area contributed by atoms with E-state index < -0.39 is 5.82 Å². The fraction of sp³-hybridized carbons (Fsp3) is 0.261. The molecule has 154 valence electrons. The molecule has 30 heavy (non-hydrogen) atoms. The number of aromatic nitrogens is 4. The van der Waals surface area contributed by atoms with Crippen LogP contribution in [0.2, 0.25) is 0 Å². The Balaban J connectivity index is 0.00000106. The van der Waals surface area contributed by atoms with Crippen molar-refractivity contribution in [3.8, 4) is 17.0 Å². The van der Waals surface area contributed by atoms with Crippen LogP contribution in [-0.2, 0) is 12.8 Å². The van der Waals surface area contributed by atoms with E-state index >= 15 is 0 Å². The Hall–Kier alpha value is -3.48. The van der Waals surface area contributed by atoms with E-state index in [0.29, 0.717) is 11.3 Å². The molecule has 5 rings (SSSR count). The molecule has 0 saturated heterocycles. The molecule has 3 heterocycles. The highest BCUT2D eigenvalue weighted by Gasteiger charge is 2.23. The zero-order valence-electron chi connectivity index (χ0n) is 17.2. The van der Waals surface area contributed by atoms with Crippen molar-refractivity contribution in [3.05, 3.63) is 71.4 Å². The van der Waals surface area contributed by atoms with Gasteiger partial charge >= 0.3 is 0 Å². The van der Waals surface area contributed by atoms with Gasteiger partial charge < -0.3 is 10.4 Å². The fourth-order valence-corrected chi connectivity index (χ4v) is 3.79. The van der Waals surface area contributed by atoms with E-state index in [0.717, 1.165) is 35.4 Å². The SMILES string of the molecule is CC.Cc1cnn2c(NC3Cc4ccc(O)cc4C3)cc(-c3cncc(F)c3)nc12. The van der Waals surface area contributed by atoms with E-state index in [9.17, 15) is 9.50 Å². The summed E-state index contributed by atoms with van der Waals surface area (Å²) >= 11 is 0. The molecule has 1 unspecified atom stereocenters. The number of pyridine rings is 1. The van der Waals surface area contributed by atoms with E-state index in [-0.39, 0.29) is 11.8 Å². The van der Waals surface area contributed by atoms with E-state index in [4.69, 9.17) is 0 Å². The molecule has 3 aromatic heterocycles. The van der Waals surface area contributed by atoms with Crippen LogP contribution in [0.5, 0.6) is 5.75 Å². The number of fused-ring (bicyclic) bond motifs is 2. The van der Waals surface area contributed by atoms with Crippen LogP contribution >= 0.6 is 0 Å². The average Bonchev–Trinajstić information content (AvgIpc) is 3.32. The third-order valence-electron chi connectivity index (χ3n) is 5.12. The van der Waals surface area contributed by atoms with Gasteiger partial charge in [0.05, 0.1) is 18.1 Å². The number of halogens is 1. The molecular weight excluding hydrogens is 381 g/mol. The Labute approximate surface area is 174 Å². The first-order valence-electron chi connectivity index (χ1n) is 10.1. The first-order chi connectivity index (χ1) is 14.6. The Bertz CT molecular complexity index is 1200. The van der Waals surface area contributed by atoms with Gasteiger partial charge in [-0.3, -0.25) is 4.98 Å². The number of aryl methyl sites for hydroxylation is 1. The number of nitrogens with zero attached hydrogens (tertiary/aromatic N) is 4. The molecule has 0 saturated carbocycles. The van der Waals surface area contributed by atoms with Gasteiger partial charge in [0.1, 0.15) is 17.4 Å². The van der Waals surface area contributed by atoms with Gasteiger partial charge in [-0.15, -0.1) is 0 Å². The molecular formula is C23H24FN5O. The normalized spacial score (nSPS) is 14.9. The molecule has 0 bridgehead atoms. The number of rotatable bonds is 3. The Kier molecular flexibility index (Phi) is 5.35. The Morgan fingerprint density at radius 3 is 2.67 bits per heavy atom. The average molecular weight is 405 g/mol. The summed E-state index contributed by atoms with van der Waals surface area (Å²) in [4.78, 5) is 8.59. The zero-order chi connectivity index (χ0) is 21.3. The van der Waals surface area contributed by atoms with Crippen LogP contribution in [0.4, 0.5) is 10.2 Å². The van der Waals surface area contributed by atoms with Crippen molar-refractivity contribution in [1.29, 1.82) is 0 Å². The second-order valence-electron chi connectivity index (χ2n) is 7.18. The number of aromatic hydroxyl groups is 1. The van der Waals surface area contributed by atoms with E-state index in [1.807, 2.05) is 39.0 Å². The minimum Gasteiger partial charge on any atom is -0.508 e. The van der Waals surface area contributed by atoms with Crippen molar-refractivity contribution in [3.63, 3.8) is 0 Å². The van der Waals surface area contributed by atoms with Crippen molar-refractivity contribution in [1.82, 2.24) is 19.6 Å². The third kappa shape index (κ3) is 3.70. The van der Waals surface area contributed by atoms with Gasteiger partial charge in [0.2, 0.25) is 0 Å². The molecule has 1 aliphatic carbocycles. The number of benzene rings is 1. The zero-order valence-corrected chi connectivity index (χ0v) is 17.2. The number of anilines is 1. The maximum Gasteiger partial charge on any atom is 0.160 e. The number of phenolic OH excluding ortho intramolecular Hbond substituents is 1. The van der Waals surface area contributed by atoms with E-state index in [1.54, 1.807) is 23.0 Å². The number of nitrogens with one attached hydrogen (secondary N) is 1. The van der Waals surface area contributed by atoms with Crippen LogP contribution in [0.3, 0.4) is 0 Å². The molecule has 0 amide bonds. The minimum atomic E-state index is -0.398. The van der Waals surface area contributed by atoms with E-state index in [2.05, 4.69) is 20.4 Å². The van der Waals surface area contributed by atoms with Crippen LogP contribution < -0.4 is 5.32 Å². The number of hydrogen-bond donors (Lipinski definition) is 2. The molecule has 0 spiro atoms. The molecule has 6 nitrogen and oxygen atoms in total. The first kappa shape index (κ1) is 19.8. The van der Waals surface area contributed by atoms with Crippen molar-refractivity contribution < 1.29 is 9.50 Å². The Morgan fingerprint density at radius 2 is 1.87 bits per heavy atom. The van der Waals surface area contributed by atoms with E-state index in [1.165, 1.54) is 17.8 Å². The summed E-state index contributed by atoms with van der Waals surface area (Å²) in [5, 5.41) is 17.7. The van der Waals surface area contributed by atoms with Gasteiger partial charge in [0.25, 0.3) is 0 Å². The quantitative estimate of drug-likeness (QED) is 0.523. The lowest BCUT2D eigenvalue weighted by Crippen LogP contribution is -2.21. The molecule has 1 atom stereocenters. The lowest BCUT2D eigenvalue weighted by atomic mass is 10.1. The molecule has 1 aromatic carbocycles. The summed E-state index contributed by atoms with van der Waals surface area (Å²) in [6.45, 7) is 5.95. The molecule has 0 radical (unpaired) electrons. The third-order valence-corrected chi connectivity index (χ3v) is 5.12. The summed E-state index contributed by atoms with van der Waals surface area (Å²) in [7, 11) is 0. The molecule has 1 aliphatic rings. The van der Waals surface area contributed by atoms with Gasteiger partial charge in [0.15, 0.2) is 5.65 Å². The number of phenols is 1. The smallest absolute Gasteiger partial charge is 0.160 e. The summed E-state index contributed by atoms with van der Waals surface area (Å²) in [5.74, 6) is 0.679. The topological polar surface area (TPSA) is 75.3 Å². The maximum absolute atomic E-state index is 13.7. The Morgan fingerprint density at radius 1 is 1.07 bits per heavy atom.